The number of hydrogen-bond donors (Lipinski definition) is 1. The summed E-state index contributed by atoms with van der Waals surface area (Å²) in [5.74, 6) is 7.21. The zero-order chi connectivity index (χ0) is 18.2. The standard InChI is InChI=1S/C25H34O/c1-3-4-15-25(16-17-25)23-13-12-22-20(8-6-14-24(22,23)2)11-10-19-7-5-9-21(26)18-19/h10-11,13,21-22,26H,5-9,12,14-18H2,1-2H3/b19-10-,20-11+/t21-,22-,24-/m0/s1. The second kappa shape index (κ2) is 7.05. The topological polar surface area (TPSA) is 20.2 Å². The molecule has 26 heavy (non-hydrogen) atoms. The van der Waals surface area contributed by atoms with E-state index in [1.54, 1.807) is 11.1 Å². The van der Waals surface area contributed by atoms with Crippen LogP contribution in [-0.4, -0.2) is 11.2 Å². The number of rotatable bonds is 3. The lowest BCUT2D eigenvalue weighted by molar-refractivity contribution is 0.149. The normalized spacial score (nSPS) is 38.5. The summed E-state index contributed by atoms with van der Waals surface area (Å²) in [7, 11) is 0. The number of hydrogen-bond acceptors (Lipinski definition) is 1. The molecule has 0 unspecified atom stereocenters. The summed E-state index contributed by atoms with van der Waals surface area (Å²) >= 11 is 0. The first kappa shape index (κ1) is 18.1. The maximum atomic E-state index is 9.93. The van der Waals surface area contributed by atoms with Crippen LogP contribution in [0.1, 0.15) is 84.5 Å². The molecule has 1 heteroatoms. The highest BCUT2D eigenvalue weighted by atomic mass is 16.3. The summed E-state index contributed by atoms with van der Waals surface area (Å²) in [5, 5.41) is 9.93. The van der Waals surface area contributed by atoms with Crippen molar-refractivity contribution in [3.8, 4) is 11.8 Å². The zero-order valence-electron chi connectivity index (χ0n) is 16.6. The average Bonchev–Trinajstić information content (AvgIpc) is 3.32. The first-order valence-electron chi connectivity index (χ1n) is 10.7. The van der Waals surface area contributed by atoms with E-state index >= 15 is 0 Å². The Morgan fingerprint density at radius 3 is 2.77 bits per heavy atom. The first-order chi connectivity index (χ1) is 12.6. The van der Waals surface area contributed by atoms with Crippen molar-refractivity contribution in [2.45, 2.75) is 90.6 Å². The highest BCUT2D eigenvalue weighted by Gasteiger charge is 2.56. The third kappa shape index (κ3) is 3.22. The molecule has 3 atom stereocenters. The molecule has 4 aliphatic rings. The molecule has 0 aromatic carbocycles. The van der Waals surface area contributed by atoms with Gasteiger partial charge >= 0.3 is 0 Å². The van der Waals surface area contributed by atoms with Crippen molar-refractivity contribution in [3.63, 3.8) is 0 Å². The van der Waals surface area contributed by atoms with Crippen LogP contribution < -0.4 is 0 Å². The molecule has 4 rings (SSSR count). The number of fused-ring (bicyclic) bond motifs is 1. The smallest absolute Gasteiger partial charge is 0.0577 e. The summed E-state index contributed by atoms with van der Waals surface area (Å²) in [4.78, 5) is 0. The van der Waals surface area contributed by atoms with Crippen molar-refractivity contribution in [2.75, 3.05) is 0 Å². The third-order valence-electron chi connectivity index (χ3n) is 7.65. The van der Waals surface area contributed by atoms with Gasteiger partial charge in [-0.05, 0) is 82.5 Å². The van der Waals surface area contributed by atoms with Gasteiger partial charge in [-0.2, -0.15) is 0 Å². The number of allylic oxidation sites excluding steroid dienone is 5. The van der Waals surface area contributed by atoms with Gasteiger partial charge in [-0.3, -0.25) is 0 Å². The molecular formula is C25H34O. The van der Waals surface area contributed by atoms with Gasteiger partial charge in [-0.15, -0.1) is 11.8 Å². The van der Waals surface area contributed by atoms with Crippen molar-refractivity contribution in [3.05, 3.63) is 34.9 Å². The van der Waals surface area contributed by atoms with Crippen molar-refractivity contribution in [1.29, 1.82) is 0 Å². The summed E-state index contributed by atoms with van der Waals surface area (Å²) < 4.78 is 0. The highest BCUT2D eigenvalue weighted by Crippen LogP contribution is 2.67. The van der Waals surface area contributed by atoms with E-state index in [-0.39, 0.29) is 6.10 Å². The van der Waals surface area contributed by atoms with Crippen LogP contribution in [0.2, 0.25) is 0 Å². The minimum Gasteiger partial charge on any atom is -0.393 e. The van der Waals surface area contributed by atoms with E-state index in [1.165, 1.54) is 50.5 Å². The maximum Gasteiger partial charge on any atom is 0.0577 e. The Morgan fingerprint density at radius 2 is 2.04 bits per heavy atom. The van der Waals surface area contributed by atoms with E-state index in [4.69, 9.17) is 0 Å². The molecule has 140 valence electrons. The second-order valence-corrected chi connectivity index (χ2v) is 9.38. The molecule has 0 aromatic heterocycles. The number of aliphatic hydroxyl groups excluding tert-OH is 1. The summed E-state index contributed by atoms with van der Waals surface area (Å²) in [6, 6.07) is 0. The molecule has 0 spiro atoms. The molecule has 0 amide bonds. The Morgan fingerprint density at radius 1 is 1.19 bits per heavy atom. The maximum absolute atomic E-state index is 9.93. The predicted molar refractivity (Wildman–Crippen MR) is 109 cm³/mol. The summed E-state index contributed by atoms with van der Waals surface area (Å²) in [6.07, 6.45) is 20.4. The van der Waals surface area contributed by atoms with Crippen molar-refractivity contribution < 1.29 is 5.11 Å². The van der Waals surface area contributed by atoms with E-state index in [0.29, 0.717) is 16.7 Å². The fourth-order valence-corrected chi connectivity index (χ4v) is 6.04. The zero-order valence-corrected chi connectivity index (χ0v) is 16.6. The van der Waals surface area contributed by atoms with Crippen LogP contribution in [0, 0.1) is 28.6 Å². The predicted octanol–water partition coefficient (Wildman–Crippen LogP) is 6.10. The van der Waals surface area contributed by atoms with E-state index in [1.807, 2.05) is 6.92 Å². The van der Waals surface area contributed by atoms with Gasteiger partial charge < -0.3 is 5.11 Å². The van der Waals surface area contributed by atoms with Crippen LogP contribution in [0.4, 0.5) is 0 Å². The molecule has 3 fully saturated rings. The van der Waals surface area contributed by atoms with Gasteiger partial charge in [0, 0.05) is 11.8 Å². The Labute approximate surface area is 159 Å². The molecule has 3 saturated carbocycles. The Bertz CT molecular complexity index is 706. The molecule has 1 nitrogen and oxygen atoms in total. The van der Waals surface area contributed by atoms with Gasteiger partial charge in [-0.1, -0.05) is 41.9 Å². The van der Waals surface area contributed by atoms with Gasteiger partial charge in [0.2, 0.25) is 0 Å². The Balaban J connectivity index is 1.54. The molecule has 0 radical (unpaired) electrons. The summed E-state index contributed by atoms with van der Waals surface area (Å²) in [6.45, 7) is 4.52. The number of aliphatic hydroxyl groups is 1. The molecule has 0 bridgehead atoms. The van der Waals surface area contributed by atoms with Crippen molar-refractivity contribution >= 4 is 0 Å². The minimum atomic E-state index is -0.112. The van der Waals surface area contributed by atoms with Crippen LogP contribution in [0.5, 0.6) is 0 Å². The fraction of sp³-hybridized carbons (Fsp3) is 0.680. The van der Waals surface area contributed by atoms with Crippen LogP contribution in [0.25, 0.3) is 0 Å². The molecule has 1 N–H and O–H groups in total. The Kier molecular flexibility index (Phi) is 4.91. The largest absolute Gasteiger partial charge is 0.393 e. The SMILES string of the molecule is CC#CCC1(C2=CC[C@H]3/C(=C/C=C4/CCC[C@H](O)C4)CCC[C@]23C)CC1. The van der Waals surface area contributed by atoms with Gasteiger partial charge in [-0.25, -0.2) is 0 Å². The van der Waals surface area contributed by atoms with Crippen LogP contribution in [0.3, 0.4) is 0 Å². The molecule has 4 aliphatic carbocycles. The van der Waals surface area contributed by atoms with Crippen LogP contribution >= 0.6 is 0 Å². The van der Waals surface area contributed by atoms with Gasteiger partial charge in [0.25, 0.3) is 0 Å². The molecular weight excluding hydrogens is 316 g/mol. The van der Waals surface area contributed by atoms with E-state index in [9.17, 15) is 5.11 Å². The fourth-order valence-electron chi connectivity index (χ4n) is 6.04. The average molecular weight is 351 g/mol. The molecule has 0 aromatic rings. The second-order valence-electron chi connectivity index (χ2n) is 9.38. The monoisotopic (exact) mass is 350 g/mol. The molecule has 0 saturated heterocycles. The van der Waals surface area contributed by atoms with Crippen LogP contribution in [-0.2, 0) is 0 Å². The van der Waals surface area contributed by atoms with E-state index in [2.05, 4.69) is 37.0 Å². The van der Waals surface area contributed by atoms with Gasteiger partial charge in [0.15, 0.2) is 0 Å². The van der Waals surface area contributed by atoms with Crippen molar-refractivity contribution in [1.82, 2.24) is 0 Å². The first-order valence-corrected chi connectivity index (χ1v) is 10.7. The van der Waals surface area contributed by atoms with E-state index < -0.39 is 0 Å². The lowest BCUT2D eigenvalue weighted by atomic mass is 9.61. The highest BCUT2D eigenvalue weighted by molar-refractivity contribution is 5.40. The molecule has 0 heterocycles. The Hall–Kier alpha value is -1.26. The van der Waals surface area contributed by atoms with Gasteiger partial charge in [0.1, 0.15) is 0 Å². The lowest BCUT2D eigenvalue weighted by Crippen LogP contribution is -2.33. The quantitative estimate of drug-likeness (QED) is 0.481. The summed E-state index contributed by atoms with van der Waals surface area (Å²) in [5.41, 5.74) is 5.65. The van der Waals surface area contributed by atoms with E-state index in [0.717, 1.165) is 25.7 Å². The minimum absolute atomic E-state index is 0.112. The molecule has 0 aliphatic heterocycles. The van der Waals surface area contributed by atoms with Gasteiger partial charge in [0.05, 0.1) is 6.10 Å². The lowest BCUT2D eigenvalue weighted by Gasteiger charge is -2.43. The van der Waals surface area contributed by atoms with Crippen molar-refractivity contribution in [2.24, 2.45) is 16.7 Å². The van der Waals surface area contributed by atoms with Crippen LogP contribution in [0.15, 0.2) is 34.9 Å². The third-order valence-corrected chi connectivity index (χ3v) is 7.65.